The summed E-state index contributed by atoms with van der Waals surface area (Å²) in [6.45, 7) is 0.712. The number of carbonyl (C=O) groups is 1. The lowest BCUT2D eigenvalue weighted by atomic mass is 10.1. The van der Waals surface area contributed by atoms with Gasteiger partial charge in [0, 0.05) is 11.3 Å². The molecule has 0 aliphatic heterocycles. The van der Waals surface area contributed by atoms with Gasteiger partial charge in [0.25, 0.3) is 5.91 Å². The van der Waals surface area contributed by atoms with E-state index in [1.165, 1.54) is 25.7 Å². The van der Waals surface area contributed by atoms with Gasteiger partial charge in [-0.2, -0.15) is 11.8 Å². The second-order valence-corrected chi connectivity index (χ2v) is 6.00. The molecular formula is C13H19N3OS. The molecule has 1 aliphatic carbocycles. The van der Waals surface area contributed by atoms with E-state index in [-0.39, 0.29) is 10.7 Å². The lowest BCUT2D eigenvalue weighted by Gasteiger charge is -2.26. The lowest BCUT2D eigenvalue weighted by Crippen LogP contribution is -2.38. The summed E-state index contributed by atoms with van der Waals surface area (Å²) in [6, 6.07) is 5.11. The van der Waals surface area contributed by atoms with Gasteiger partial charge in [-0.05, 0) is 31.2 Å². The topological polar surface area (TPSA) is 68.0 Å². The minimum atomic E-state index is -0.136. The minimum Gasteiger partial charge on any atom is -0.384 e. The Labute approximate surface area is 112 Å². The molecule has 3 N–H and O–H groups in total. The molecule has 1 aromatic heterocycles. The zero-order valence-electron chi connectivity index (χ0n) is 10.6. The maximum atomic E-state index is 12.0. The third-order valence-electron chi connectivity index (χ3n) is 3.52. The highest BCUT2D eigenvalue weighted by atomic mass is 32.2. The summed E-state index contributed by atoms with van der Waals surface area (Å²) in [6.07, 6.45) is 6.99. The van der Waals surface area contributed by atoms with Crippen molar-refractivity contribution in [3.8, 4) is 0 Å². The number of nitrogens with two attached hydrogens (primary N) is 1. The Morgan fingerprint density at radius 1 is 1.50 bits per heavy atom. The van der Waals surface area contributed by atoms with E-state index in [9.17, 15) is 4.79 Å². The van der Waals surface area contributed by atoms with Crippen LogP contribution in [0.5, 0.6) is 0 Å². The number of anilines is 1. The van der Waals surface area contributed by atoms with E-state index in [1.807, 2.05) is 11.8 Å². The van der Waals surface area contributed by atoms with Crippen molar-refractivity contribution in [3.05, 3.63) is 23.9 Å². The molecule has 0 saturated heterocycles. The molecule has 1 amide bonds. The molecule has 1 saturated carbocycles. The number of nitrogens with one attached hydrogen (secondary N) is 1. The van der Waals surface area contributed by atoms with Crippen LogP contribution in [0.15, 0.2) is 18.2 Å². The third-order valence-corrected chi connectivity index (χ3v) is 4.94. The minimum absolute atomic E-state index is 0.136. The standard InChI is InChI=1S/C13H19N3OS/c1-18-13(7-2-3-8-13)9-15-12(17)10-5-4-6-11(14)16-10/h4-6H,2-3,7-9H2,1H3,(H2,14,16)(H,15,17). The third kappa shape index (κ3) is 2.96. The zero-order valence-corrected chi connectivity index (χ0v) is 11.4. The van der Waals surface area contributed by atoms with E-state index in [1.54, 1.807) is 18.2 Å². The van der Waals surface area contributed by atoms with Crippen LogP contribution < -0.4 is 11.1 Å². The number of amides is 1. The highest BCUT2D eigenvalue weighted by molar-refractivity contribution is 8.00. The van der Waals surface area contributed by atoms with E-state index in [0.717, 1.165) is 0 Å². The van der Waals surface area contributed by atoms with Crippen LogP contribution in [0.25, 0.3) is 0 Å². The Kier molecular flexibility index (Phi) is 4.11. The van der Waals surface area contributed by atoms with E-state index in [0.29, 0.717) is 18.1 Å². The lowest BCUT2D eigenvalue weighted by molar-refractivity contribution is 0.0945. The second-order valence-electron chi connectivity index (χ2n) is 4.72. The molecule has 1 fully saturated rings. The summed E-state index contributed by atoms with van der Waals surface area (Å²) in [7, 11) is 0. The number of hydrogen-bond donors (Lipinski definition) is 2. The predicted octanol–water partition coefficient (Wildman–Crippen LogP) is 2.07. The van der Waals surface area contributed by atoms with Crippen LogP contribution in [0, 0.1) is 0 Å². The van der Waals surface area contributed by atoms with Gasteiger partial charge >= 0.3 is 0 Å². The van der Waals surface area contributed by atoms with Crippen molar-refractivity contribution >= 4 is 23.5 Å². The van der Waals surface area contributed by atoms with E-state index >= 15 is 0 Å². The van der Waals surface area contributed by atoms with Crippen LogP contribution in [-0.4, -0.2) is 28.4 Å². The Balaban J connectivity index is 1.96. The van der Waals surface area contributed by atoms with Crippen LogP contribution in [0.3, 0.4) is 0 Å². The summed E-state index contributed by atoms with van der Waals surface area (Å²) < 4.78 is 0.218. The van der Waals surface area contributed by atoms with E-state index in [4.69, 9.17) is 5.73 Å². The molecule has 0 unspecified atom stereocenters. The fourth-order valence-corrected chi connectivity index (χ4v) is 3.30. The Bertz CT molecular complexity index is 430. The summed E-state index contributed by atoms with van der Waals surface area (Å²) in [5, 5.41) is 2.98. The van der Waals surface area contributed by atoms with Crippen molar-refractivity contribution in [2.24, 2.45) is 0 Å². The molecule has 4 nitrogen and oxygen atoms in total. The van der Waals surface area contributed by atoms with Crippen LogP contribution in [0.4, 0.5) is 5.82 Å². The molecule has 0 spiro atoms. The first-order valence-electron chi connectivity index (χ1n) is 6.21. The summed E-state index contributed by atoms with van der Waals surface area (Å²) in [5.74, 6) is 0.241. The van der Waals surface area contributed by atoms with Gasteiger partial charge in [-0.3, -0.25) is 4.79 Å². The van der Waals surface area contributed by atoms with Gasteiger partial charge in [0.2, 0.25) is 0 Å². The predicted molar refractivity (Wildman–Crippen MR) is 75.7 cm³/mol. The molecule has 1 aromatic rings. The van der Waals surface area contributed by atoms with Crippen LogP contribution in [0.2, 0.25) is 0 Å². The van der Waals surface area contributed by atoms with E-state index in [2.05, 4.69) is 16.6 Å². The molecule has 98 valence electrons. The molecule has 0 bridgehead atoms. The van der Waals surface area contributed by atoms with Crippen LogP contribution >= 0.6 is 11.8 Å². The number of hydrogen-bond acceptors (Lipinski definition) is 4. The molecule has 1 aliphatic rings. The summed E-state index contributed by atoms with van der Waals surface area (Å²) in [5.41, 5.74) is 5.96. The van der Waals surface area contributed by atoms with Gasteiger partial charge in [0.05, 0.1) is 0 Å². The molecule has 18 heavy (non-hydrogen) atoms. The normalized spacial score (nSPS) is 17.6. The van der Waals surface area contributed by atoms with Crippen molar-refractivity contribution in [2.45, 2.75) is 30.4 Å². The highest BCUT2D eigenvalue weighted by Gasteiger charge is 2.33. The van der Waals surface area contributed by atoms with Crippen molar-refractivity contribution in [1.29, 1.82) is 0 Å². The summed E-state index contributed by atoms with van der Waals surface area (Å²) >= 11 is 1.86. The first-order chi connectivity index (χ1) is 8.65. The number of nitrogen functional groups attached to an aromatic ring is 1. The second kappa shape index (κ2) is 5.61. The van der Waals surface area contributed by atoms with Gasteiger partial charge < -0.3 is 11.1 Å². The highest BCUT2D eigenvalue weighted by Crippen LogP contribution is 2.39. The van der Waals surface area contributed by atoms with Crippen LogP contribution in [0.1, 0.15) is 36.2 Å². The van der Waals surface area contributed by atoms with Crippen molar-refractivity contribution in [1.82, 2.24) is 10.3 Å². The quantitative estimate of drug-likeness (QED) is 0.874. The van der Waals surface area contributed by atoms with Crippen molar-refractivity contribution in [3.63, 3.8) is 0 Å². The fourth-order valence-electron chi connectivity index (χ4n) is 2.38. The average Bonchev–Trinajstić information content (AvgIpc) is 2.85. The number of pyridine rings is 1. The number of thioether (sulfide) groups is 1. The van der Waals surface area contributed by atoms with Crippen molar-refractivity contribution in [2.75, 3.05) is 18.5 Å². The fraction of sp³-hybridized carbons (Fsp3) is 0.538. The first-order valence-corrected chi connectivity index (χ1v) is 7.44. The van der Waals surface area contributed by atoms with Crippen molar-refractivity contribution < 1.29 is 4.79 Å². The first kappa shape index (κ1) is 13.2. The summed E-state index contributed by atoms with van der Waals surface area (Å²) in [4.78, 5) is 16.0. The smallest absolute Gasteiger partial charge is 0.270 e. The molecule has 0 atom stereocenters. The van der Waals surface area contributed by atoms with Gasteiger partial charge in [-0.25, -0.2) is 4.98 Å². The SMILES string of the molecule is CSC1(CNC(=O)c2cccc(N)n2)CCCC1. The molecular weight excluding hydrogens is 246 g/mol. The number of nitrogens with zero attached hydrogens (tertiary/aromatic N) is 1. The Hall–Kier alpha value is -1.23. The molecule has 2 rings (SSSR count). The van der Waals surface area contributed by atoms with Gasteiger partial charge in [0.1, 0.15) is 11.5 Å². The Morgan fingerprint density at radius 3 is 2.83 bits per heavy atom. The number of rotatable bonds is 4. The molecule has 0 aromatic carbocycles. The maximum Gasteiger partial charge on any atom is 0.270 e. The maximum absolute atomic E-state index is 12.0. The number of aromatic nitrogens is 1. The largest absolute Gasteiger partial charge is 0.384 e. The van der Waals surface area contributed by atoms with Gasteiger partial charge in [-0.15, -0.1) is 0 Å². The van der Waals surface area contributed by atoms with Gasteiger partial charge in [-0.1, -0.05) is 18.9 Å². The monoisotopic (exact) mass is 265 g/mol. The van der Waals surface area contributed by atoms with E-state index < -0.39 is 0 Å². The molecule has 1 heterocycles. The Morgan fingerprint density at radius 2 is 2.22 bits per heavy atom. The molecule has 5 heteroatoms. The van der Waals surface area contributed by atoms with Crippen LogP contribution in [-0.2, 0) is 0 Å². The molecule has 0 radical (unpaired) electrons. The zero-order chi connectivity index (χ0) is 13.0. The number of carbonyl (C=O) groups excluding carboxylic acids is 1. The van der Waals surface area contributed by atoms with Gasteiger partial charge in [0.15, 0.2) is 0 Å². The average molecular weight is 265 g/mol.